The van der Waals surface area contributed by atoms with Gasteiger partial charge in [-0.15, -0.1) is 11.3 Å². The molecule has 0 spiro atoms. The second kappa shape index (κ2) is 8.85. The van der Waals surface area contributed by atoms with Crippen LogP contribution < -0.4 is 5.32 Å². The maximum absolute atomic E-state index is 12.7. The van der Waals surface area contributed by atoms with Crippen molar-refractivity contribution in [1.29, 1.82) is 0 Å². The van der Waals surface area contributed by atoms with Gasteiger partial charge in [0.1, 0.15) is 0 Å². The van der Waals surface area contributed by atoms with Crippen LogP contribution >= 0.6 is 11.3 Å². The van der Waals surface area contributed by atoms with Gasteiger partial charge < -0.3 is 10.2 Å². The molecule has 0 aliphatic heterocycles. The van der Waals surface area contributed by atoms with Gasteiger partial charge in [-0.25, -0.2) is 0 Å². The first kappa shape index (κ1) is 17.7. The van der Waals surface area contributed by atoms with Crippen LogP contribution in [0.15, 0.2) is 47.8 Å². The summed E-state index contributed by atoms with van der Waals surface area (Å²) in [5.41, 5.74) is 1.10. The van der Waals surface area contributed by atoms with Crippen LogP contribution in [0.25, 0.3) is 0 Å². The lowest BCUT2D eigenvalue weighted by atomic mass is 9.93. The van der Waals surface area contributed by atoms with Crippen molar-refractivity contribution in [2.45, 2.75) is 31.7 Å². The Labute approximate surface area is 143 Å². The average molecular weight is 330 g/mol. The average Bonchev–Trinajstić information content (AvgIpc) is 3.07. The lowest BCUT2D eigenvalue weighted by molar-refractivity contribution is -0.123. The zero-order valence-corrected chi connectivity index (χ0v) is 15.0. The molecule has 0 saturated heterocycles. The summed E-state index contributed by atoms with van der Waals surface area (Å²) >= 11 is 1.73. The molecule has 2 aromatic rings. The smallest absolute Gasteiger partial charge is 0.227 e. The van der Waals surface area contributed by atoms with Crippen molar-refractivity contribution in [1.82, 2.24) is 10.2 Å². The van der Waals surface area contributed by atoms with E-state index in [4.69, 9.17) is 0 Å². The Morgan fingerprint density at radius 2 is 1.91 bits per heavy atom. The minimum Gasteiger partial charge on any atom is -0.354 e. The van der Waals surface area contributed by atoms with E-state index in [1.54, 1.807) is 11.3 Å². The predicted molar refractivity (Wildman–Crippen MR) is 97.8 cm³/mol. The Morgan fingerprint density at radius 3 is 2.48 bits per heavy atom. The first-order valence-corrected chi connectivity index (χ1v) is 9.04. The van der Waals surface area contributed by atoms with Gasteiger partial charge in [-0.2, -0.15) is 0 Å². The van der Waals surface area contributed by atoms with Crippen molar-refractivity contribution in [2.24, 2.45) is 0 Å². The van der Waals surface area contributed by atoms with Crippen LogP contribution in [-0.4, -0.2) is 31.4 Å². The largest absolute Gasteiger partial charge is 0.354 e. The summed E-state index contributed by atoms with van der Waals surface area (Å²) in [6.07, 6.45) is 1.87. The van der Waals surface area contributed by atoms with Crippen LogP contribution in [0, 0.1) is 0 Å². The summed E-state index contributed by atoms with van der Waals surface area (Å²) < 4.78 is 0. The number of thiophene rings is 1. The predicted octanol–water partition coefficient (Wildman–Crippen LogP) is 4.05. The van der Waals surface area contributed by atoms with E-state index in [-0.39, 0.29) is 17.9 Å². The van der Waals surface area contributed by atoms with E-state index in [1.807, 2.05) is 30.3 Å². The molecule has 23 heavy (non-hydrogen) atoms. The third-order valence-electron chi connectivity index (χ3n) is 4.06. The molecule has 1 aromatic carbocycles. The number of rotatable bonds is 8. The topological polar surface area (TPSA) is 32.3 Å². The second-order valence-electron chi connectivity index (χ2n) is 5.99. The van der Waals surface area contributed by atoms with Gasteiger partial charge >= 0.3 is 0 Å². The molecule has 0 bridgehead atoms. The quantitative estimate of drug-likeness (QED) is 0.792. The highest BCUT2D eigenvalue weighted by atomic mass is 32.1. The number of benzene rings is 1. The first-order valence-electron chi connectivity index (χ1n) is 8.16. The van der Waals surface area contributed by atoms with Crippen LogP contribution in [0.4, 0.5) is 0 Å². The van der Waals surface area contributed by atoms with E-state index in [1.165, 1.54) is 4.88 Å². The maximum atomic E-state index is 12.7. The third-order valence-corrected chi connectivity index (χ3v) is 5.03. The van der Waals surface area contributed by atoms with Crippen molar-refractivity contribution in [3.8, 4) is 0 Å². The first-order chi connectivity index (χ1) is 11.1. The van der Waals surface area contributed by atoms with Crippen molar-refractivity contribution in [3.05, 3.63) is 58.3 Å². The lowest BCUT2D eigenvalue weighted by Gasteiger charge is -2.25. The van der Waals surface area contributed by atoms with Gasteiger partial charge in [-0.3, -0.25) is 4.79 Å². The van der Waals surface area contributed by atoms with Gasteiger partial charge in [-0.05, 0) is 37.5 Å². The number of carbonyl (C=O) groups is 1. The lowest BCUT2D eigenvalue weighted by Crippen LogP contribution is -2.36. The van der Waals surface area contributed by atoms with Crippen LogP contribution in [0.1, 0.15) is 42.2 Å². The molecular weight excluding hydrogens is 304 g/mol. The molecule has 3 nitrogen and oxygen atoms in total. The van der Waals surface area contributed by atoms with Crippen molar-refractivity contribution >= 4 is 17.2 Å². The molecule has 1 amide bonds. The highest BCUT2D eigenvalue weighted by Gasteiger charge is 2.22. The molecule has 0 fully saturated rings. The van der Waals surface area contributed by atoms with E-state index in [9.17, 15) is 4.79 Å². The van der Waals surface area contributed by atoms with E-state index >= 15 is 0 Å². The molecule has 4 heteroatoms. The second-order valence-corrected chi connectivity index (χ2v) is 6.97. The summed E-state index contributed by atoms with van der Waals surface area (Å²) in [5.74, 6) is 0.0637. The van der Waals surface area contributed by atoms with Crippen LogP contribution in [0.2, 0.25) is 0 Å². The molecule has 0 aliphatic carbocycles. The zero-order chi connectivity index (χ0) is 16.7. The molecular formula is C19H26N2OS. The van der Waals surface area contributed by atoms with Crippen LogP contribution in [-0.2, 0) is 4.79 Å². The highest BCUT2D eigenvalue weighted by molar-refractivity contribution is 7.10. The highest BCUT2D eigenvalue weighted by Crippen LogP contribution is 2.24. The maximum Gasteiger partial charge on any atom is 0.227 e. The molecule has 1 N–H and O–H groups in total. The fourth-order valence-corrected chi connectivity index (χ4v) is 3.68. The minimum absolute atomic E-state index is 0.0626. The SMILES string of the molecule is CCCC(C(=O)NCC(c1cccs1)N(C)C)c1ccccc1. The molecule has 0 aliphatic rings. The van der Waals surface area contributed by atoms with E-state index < -0.39 is 0 Å². The van der Waals surface area contributed by atoms with Gasteiger partial charge in [0, 0.05) is 11.4 Å². The van der Waals surface area contributed by atoms with Gasteiger partial charge in [0.15, 0.2) is 0 Å². The Hall–Kier alpha value is -1.65. The number of nitrogens with zero attached hydrogens (tertiary/aromatic N) is 1. The normalized spacial score (nSPS) is 13.7. The number of likely N-dealkylation sites (N-methyl/N-ethyl adjacent to an activating group) is 1. The minimum atomic E-state index is -0.0626. The summed E-state index contributed by atoms with van der Waals surface area (Å²) in [7, 11) is 4.11. The van der Waals surface area contributed by atoms with E-state index in [2.05, 4.69) is 48.7 Å². The Bertz CT molecular complexity index is 581. The Balaban J connectivity index is 2.03. The molecule has 124 valence electrons. The van der Waals surface area contributed by atoms with Crippen molar-refractivity contribution in [2.75, 3.05) is 20.6 Å². The van der Waals surface area contributed by atoms with Gasteiger partial charge in [0.05, 0.1) is 12.0 Å². The summed E-state index contributed by atoms with van der Waals surface area (Å²) in [4.78, 5) is 16.1. The third kappa shape index (κ3) is 4.91. The number of hydrogen-bond acceptors (Lipinski definition) is 3. The molecule has 2 atom stereocenters. The molecule has 2 unspecified atom stereocenters. The standard InChI is InChI=1S/C19H26N2OS/c1-4-9-16(15-10-6-5-7-11-15)19(22)20-14-17(21(2)3)18-12-8-13-23-18/h5-8,10-13,16-17H,4,9,14H2,1-3H3,(H,20,22). The number of carbonyl (C=O) groups excluding carboxylic acids is 1. The van der Waals surface area contributed by atoms with Crippen LogP contribution in [0.5, 0.6) is 0 Å². The molecule has 0 saturated carbocycles. The van der Waals surface area contributed by atoms with Gasteiger partial charge in [0.25, 0.3) is 0 Å². The molecule has 1 aromatic heterocycles. The van der Waals surface area contributed by atoms with E-state index in [0.29, 0.717) is 6.54 Å². The molecule has 2 rings (SSSR count). The zero-order valence-electron chi connectivity index (χ0n) is 14.2. The van der Waals surface area contributed by atoms with Crippen molar-refractivity contribution < 1.29 is 4.79 Å². The van der Waals surface area contributed by atoms with Gasteiger partial charge in [0.2, 0.25) is 5.91 Å². The molecule has 1 heterocycles. The number of amides is 1. The Kier molecular flexibility index (Phi) is 6.81. The van der Waals surface area contributed by atoms with E-state index in [0.717, 1.165) is 18.4 Å². The van der Waals surface area contributed by atoms with Crippen LogP contribution in [0.3, 0.4) is 0 Å². The molecule has 0 radical (unpaired) electrons. The summed E-state index contributed by atoms with van der Waals surface area (Å²) in [5, 5.41) is 5.24. The van der Waals surface area contributed by atoms with Crippen molar-refractivity contribution in [3.63, 3.8) is 0 Å². The fourth-order valence-electron chi connectivity index (χ4n) is 2.76. The fraction of sp³-hybridized carbons (Fsp3) is 0.421. The van der Waals surface area contributed by atoms with Gasteiger partial charge in [-0.1, -0.05) is 49.7 Å². The monoisotopic (exact) mass is 330 g/mol. The Morgan fingerprint density at radius 1 is 1.17 bits per heavy atom. The summed E-state index contributed by atoms with van der Waals surface area (Å²) in [6.45, 7) is 2.76. The number of hydrogen-bond donors (Lipinski definition) is 1. The number of nitrogens with one attached hydrogen (secondary N) is 1. The summed E-state index contributed by atoms with van der Waals surface area (Å²) in [6, 6.07) is 14.5.